The third-order valence-corrected chi connectivity index (χ3v) is 1.59. The molecule has 0 aromatic carbocycles. The number of hydrogen-bond acceptors (Lipinski definition) is 4. The molecular formula is C7H8F3NO2S. The minimum Gasteiger partial charge on any atom is -0.464 e. The van der Waals surface area contributed by atoms with Crippen molar-refractivity contribution in [3.05, 3.63) is 0 Å². The molecule has 3 nitrogen and oxygen atoms in total. The van der Waals surface area contributed by atoms with E-state index in [1.807, 2.05) is 0 Å². The van der Waals surface area contributed by atoms with Gasteiger partial charge in [-0.1, -0.05) is 0 Å². The first-order valence-corrected chi connectivity index (χ1v) is 4.03. The highest BCUT2D eigenvalue weighted by Crippen LogP contribution is 2.34. The molecule has 0 N–H and O–H groups in total. The summed E-state index contributed by atoms with van der Waals surface area (Å²) in [6.45, 7) is 1.83. The monoisotopic (exact) mass is 227 g/mol. The number of rotatable bonds is 3. The van der Waals surface area contributed by atoms with Gasteiger partial charge in [-0.05, 0) is 26.1 Å². The van der Waals surface area contributed by atoms with Crippen molar-refractivity contribution in [2.24, 2.45) is 4.99 Å². The third-order valence-electron chi connectivity index (χ3n) is 1.49. The first-order valence-electron chi connectivity index (χ1n) is 3.62. The molecule has 0 fully saturated rings. The van der Waals surface area contributed by atoms with Crippen LogP contribution in [0.25, 0.3) is 0 Å². The van der Waals surface area contributed by atoms with Gasteiger partial charge in [0.15, 0.2) is 0 Å². The highest BCUT2D eigenvalue weighted by molar-refractivity contribution is 7.78. The zero-order chi connectivity index (χ0) is 11.4. The molecule has 0 bridgehead atoms. The van der Waals surface area contributed by atoms with Crippen molar-refractivity contribution >= 4 is 23.3 Å². The number of carbonyl (C=O) groups is 1. The molecule has 0 rings (SSSR count). The lowest BCUT2D eigenvalue weighted by atomic mass is 10.0. The molecule has 1 atom stereocenters. The summed E-state index contributed by atoms with van der Waals surface area (Å²) in [6.07, 6.45) is -4.84. The van der Waals surface area contributed by atoms with Crippen LogP contribution < -0.4 is 0 Å². The maximum absolute atomic E-state index is 12.4. The van der Waals surface area contributed by atoms with Gasteiger partial charge in [-0.15, -0.1) is 0 Å². The second kappa shape index (κ2) is 4.52. The molecule has 0 radical (unpaired) electrons. The van der Waals surface area contributed by atoms with Crippen molar-refractivity contribution < 1.29 is 22.7 Å². The van der Waals surface area contributed by atoms with Crippen molar-refractivity contribution in [1.29, 1.82) is 0 Å². The van der Waals surface area contributed by atoms with Crippen LogP contribution in [-0.2, 0) is 9.53 Å². The molecule has 0 saturated carbocycles. The number of esters is 1. The fraction of sp³-hybridized carbons (Fsp3) is 0.714. The van der Waals surface area contributed by atoms with Gasteiger partial charge in [-0.3, -0.25) is 0 Å². The second-order valence-corrected chi connectivity index (χ2v) is 2.68. The summed E-state index contributed by atoms with van der Waals surface area (Å²) >= 11 is 4.05. The number of hydrogen-bond donors (Lipinski definition) is 0. The summed E-state index contributed by atoms with van der Waals surface area (Å²) < 4.78 is 41.4. The molecule has 0 saturated heterocycles. The van der Waals surface area contributed by atoms with Gasteiger partial charge in [0.2, 0.25) is 0 Å². The van der Waals surface area contributed by atoms with E-state index < -0.39 is 17.7 Å². The number of alkyl halides is 3. The fourth-order valence-electron chi connectivity index (χ4n) is 0.588. The van der Waals surface area contributed by atoms with Crippen molar-refractivity contribution in [2.45, 2.75) is 25.6 Å². The Morgan fingerprint density at radius 3 is 2.36 bits per heavy atom. The Hall–Kier alpha value is -0.940. The zero-order valence-electron chi connectivity index (χ0n) is 7.51. The van der Waals surface area contributed by atoms with Crippen LogP contribution in [0.2, 0.25) is 0 Å². The summed E-state index contributed by atoms with van der Waals surface area (Å²) in [5.74, 6) is -1.48. The summed E-state index contributed by atoms with van der Waals surface area (Å²) in [5.41, 5.74) is -2.95. The smallest absolute Gasteiger partial charge is 0.424 e. The summed E-state index contributed by atoms with van der Waals surface area (Å²) in [6, 6.07) is 0. The van der Waals surface area contributed by atoms with Crippen LogP contribution in [-0.4, -0.2) is 29.5 Å². The van der Waals surface area contributed by atoms with E-state index >= 15 is 0 Å². The van der Waals surface area contributed by atoms with Gasteiger partial charge >= 0.3 is 12.1 Å². The Morgan fingerprint density at radius 1 is 1.57 bits per heavy atom. The Balaban J connectivity index is 5.10. The average Bonchev–Trinajstić information content (AvgIpc) is 2.03. The van der Waals surface area contributed by atoms with E-state index in [0.29, 0.717) is 6.92 Å². The average molecular weight is 227 g/mol. The molecule has 0 aromatic rings. The van der Waals surface area contributed by atoms with Crippen LogP contribution in [0.4, 0.5) is 13.2 Å². The van der Waals surface area contributed by atoms with Gasteiger partial charge in [-0.2, -0.15) is 13.2 Å². The van der Waals surface area contributed by atoms with E-state index in [2.05, 4.69) is 21.9 Å². The number of ether oxygens (including phenoxy) is 1. The normalized spacial score (nSPS) is 15.2. The minimum absolute atomic E-state index is 0.155. The first-order chi connectivity index (χ1) is 6.29. The van der Waals surface area contributed by atoms with Gasteiger partial charge in [0.25, 0.3) is 5.54 Å². The maximum atomic E-state index is 12.4. The minimum atomic E-state index is -4.84. The van der Waals surface area contributed by atoms with Gasteiger partial charge in [-0.25, -0.2) is 9.79 Å². The number of aliphatic imine (C=N–C) groups is 1. The topological polar surface area (TPSA) is 38.7 Å². The number of nitrogens with zero attached hydrogens (tertiary/aromatic N) is 1. The molecule has 1 unspecified atom stereocenters. The molecule has 0 spiro atoms. The Kier molecular flexibility index (Phi) is 4.22. The Morgan fingerprint density at radius 2 is 2.07 bits per heavy atom. The van der Waals surface area contributed by atoms with E-state index in [-0.39, 0.29) is 6.61 Å². The molecule has 0 heterocycles. The third kappa shape index (κ3) is 2.52. The lowest BCUT2D eigenvalue weighted by molar-refractivity contribution is -0.200. The quantitative estimate of drug-likeness (QED) is 0.420. The number of halogens is 3. The molecule has 0 aromatic heterocycles. The standard InChI is InChI=1S/C7H8F3NO2S/c1-3-13-5(12)6(2,11-4-14)7(8,9)10/h3H2,1-2H3. The molecule has 7 heteroatoms. The summed E-state index contributed by atoms with van der Waals surface area (Å²) in [7, 11) is 0. The predicted octanol–water partition coefficient (Wildman–Crippen LogP) is 1.97. The molecule has 0 amide bonds. The molecule has 80 valence electrons. The van der Waals surface area contributed by atoms with Gasteiger partial charge in [0, 0.05) is 0 Å². The van der Waals surface area contributed by atoms with Crippen molar-refractivity contribution in [2.75, 3.05) is 6.61 Å². The number of carbonyl (C=O) groups excluding carboxylic acids is 1. The highest BCUT2D eigenvalue weighted by Gasteiger charge is 2.58. The van der Waals surface area contributed by atoms with Gasteiger partial charge in [0.05, 0.1) is 11.8 Å². The Bertz CT molecular complexity index is 273. The van der Waals surface area contributed by atoms with Crippen molar-refractivity contribution in [3.8, 4) is 0 Å². The second-order valence-electron chi connectivity index (χ2n) is 2.49. The van der Waals surface area contributed by atoms with Crippen LogP contribution in [0.1, 0.15) is 13.8 Å². The first kappa shape index (κ1) is 13.1. The van der Waals surface area contributed by atoms with Crippen LogP contribution >= 0.6 is 12.2 Å². The zero-order valence-corrected chi connectivity index (χ0v) is 8.33. The SMILES string of the molecule is CCOC(=O)C(C)(N=C=S)C(F)(F)F. The number of isothiocyanates is 1. The largest absolute Gasteiger partial charge is 0.464 e. The predicted molar refractivity (Wildman–Crippen MR) is 46.1 cm³/mol. The molecule has 0 aliphatic rings. The van der Waals surface area contributed by atoms with Crippen LogP contribution in [0.3, 0.4) is 0 Å². The van der Waals surface area contributed by atoms with Gasteiger partial charge < -0.3 is 4.74 Å². The van der Waals surface area contributed by atoms with Crippen molar-refractivity contribution in [3.63, 3.8) is 0 Å². The Labute approximate surface area is 84.0 Å². The lowest BCUT2D eigenvalue weighted by Gasteiger charge is -2.23. The lowest BCUT2D eigenvalue weighted by Crippen LogP contribution is -2.48. The fourth-order valence-corrected chi connectivity index (χ4v) is 0.770. The molecule has 14 heavy (non-hydrogen) atoms. The molecule has 0 aliphatic carbocycles. The highest BCUT2D eigenvalue weighted by atomic mass is 32.1. The van der Waals surface area contributed by atoms with E-state index in [1.54, 1.807) is 5.16 Å². The van der Waals surface area contributed by atoms with Gasteiger partial charge in [0.1, 0.15) is 0 Å². The summed E-state index contributed by atoms with van der Waals surface area (Å²) in [4.78, 5) is 13.8. The molecule has 0 aliphatic heterocycles. The van der Waals surface area contributed by atoms with Crippen LogP contribution in [0, 0.1) is 0 Å². The van der Waals surface area contributed by atoms with Crippen molar-refractivity contribution in [1.82, 2.24) is 0 Å². The van der Waals surface area contributed by atoms with Crippen LogP contribution in [0.15, 0.2) is 4.99 Å². The number of thiocarbonyl (C=S) groups is 1. The van der Waals surface area contributed by atoms with E-state index in [4.69, 9.17) is 0 Å². The summed E-state index contributed by atoms with van der Waals surface area (Å²) in [5, 5.41) is 1.54. The van der Waals surface area contributed by atoms with Crippen LogP contribution in [0.5, 0.6) is 0 Å². The van der Waals surface area contributed by atoms with E-state index in [0.717, 1.165) is 0 Å². The maximum Gasteiger partial charge on any atom is 0.424 e. The van der Waals surface area contributed by atoms with E-state index in [1.165, 1.54) is 6.92 Å². The molecular weight excluding hydrogens is 219 g/mol. The van der Waals surface area contributed by atoms with E-state index in [9.17, 15) is 18.0 Å².